The molecule has 1 atom stereocenters. The molecule has 1 heterocycles. The minimum Gasteiger partial charge on any atom is -0.367 e. The number of aromatic nitrogens is 2. The molecule has 5 heteroatoms. The van der Waals surface area contributed by atoms with Gasteiger partial charge in [-0.1, -0.05) is 12.1 Å². The third kappa shape index (κ3) is 3.66. The van der Waals surface area contributed by atoms with Gasteiger partial charge >= 0.3 is 0 Å². The van der Waals surface area contributed by atoms with Gasteiger partial charge in [-0.25, -0.2) is 9.37 Å². The van der Waals surface area contributed by atoms with Gasteiger partial charge in [0.2, 0.25) is 5.95 Å². The Hall–Kier alpha value is -2.17. The van der Waals surface area contributed by atoms with E-state index in [2.05, 4.69) is 27.5 Å². The van der Waals surface area contributed by atoms with E-state index in [1.165, 1.54) is 12.1 Å². The van der Waals surface area contributed by atoms with E-state index in [9.17, 15) is 4.39 Å². The number of nitrogens with one attached hydrogen (secondary N) is 2. The Kier molecular flexibility index (Phi) is 4.50. The van der Waals surface area contributed by atoms with Crippen LogP contribution in [0.15, 0.2) is 30.5 Å². The van der Waals surface area contributed by atoms with E-state index in [1.54, 1.807) is 25.4 Å². The maximum Gasteiger partial charge on any atom is 0.224 e. The van der Waals surface area contributed by atoms with Crippen LogP contribution < -0.4 is 10.6 Å². The zero-order valence-electron chi connectivity index (χ0n) is 11.9. The molecule has 1 aromatic heterocycles. The van der Waals surface area contributed by atoms with E-state index in [0.717, 1.165) is 23.4 Å². The molecule has 106 valence electrons. The lowest BCUT2D eigenvalue weighted by molar-refractivity contribution is 0.626. The summed E-state index contributed by atoms with van der Waals surface area (Å²) in [5, 5.41) is 6.28. The number of aryl methyl sites for hydroxylation is 1. The lowest BCUT2D eigenvalue weighted by Gasteiger charge is -2.16. The molecule has 2 N–H and O–H groups in total. The minimum absolute atomic E-state index is 0.193. The van der Waals surface area contributed by atoms with Gasteiger partial charge in [-0.2, -0.15) is 4.98 Å². The first-order valence-electron chi connectivity index (χ1n) is 6.61. The van der Waals surface area contributed by atoms with Crippen LogP contribution in [0.5, 0.6) is 0 Å². The Balaban J connectivity index is 2.04. The molecule has 0 saturated carbocycles. The summed E-state index contributed by atoms with van der Waals surface area (Å²) in [6.45, 7) is 4.04. The fourth-order valence-corrected chi connectivity index (χ4v) is 1.97. The lowest BCUT2D eigenvalue weighted by atomic mass is 10.1. The summed E-state index contributed by atoms with van der Waals surface area (Å²) in [6.07, 6.45) is 2.59. The predicted octanol–water partition coefficient (Wildman–Crippen LogP) is 3.01. The third-order valence-electron chi connectivity index (χ3n) is 3.03. The standard InChI is InChI=1S/C15H19FN4/c1-10-9-18-15(17-3)20-14(10)19-11(2)8-12-4-6-13(16)7-5-12/h4-7,9,11H,8H2,1-3H3,(H2,17,18,19,20). The van der Waals surface area contributed by atoms with Crippen molar-refractivity contribution in [3.05, 3.63) is 47.4 Å². The second-order valence-electron chi connectivity index (χ2n) is 4.85. The van der Waals surface area contributed by atoms with Crippen LogP contribution in [0.2, 0.25) is 0 Å². The Labute approximate surface area is 118 Å². The van der Waals surface area contributed by atoms with Crippen molar-refractivity contribution in [2.75, 3.05) is 17.7 Å². The molecule has 0 aliphatic heterocycles. The molecular formula is C15H19FN4. The molecule has 4 nitrogen and oxygen atoms in total. The van der Waals surface area contributed by atoms with E-state index in [1.807, 2.05) is 6.92 Å². The highest BCUT2D eigenvalue weighted by molar-refractivity contribution is 5.47. The molecule has 0 amide bonds. The van der Waals surface area contributed by atoms with Crippen LogP contribution in [0.3, 0.4) is 0 Å². The number of nitrogens with zero attached hydrogens (tertiary/aromatic N) is 2. The average molecular weight is 274 g/mol. The molecule has 20 heavy (non-hydrogen) atoms. The molecule has 0 aliphatic carbocycles. The summed E-state index contributed by atoms with van der Waals surface area (Å²) in [4.78, 5) is 8.55. The Morgan fingerprint density at radius 2 is 1.95 bits per heavy atom. The normalized spacial score (nSPS) is 12.0. The van der Waals surface area contributed by atoms with Crippen LogP contribution >= 0.6 is 0 Å². The molecule has 0 spiro atoms. The second-order valence-corrected chi connectivity index (χ2v) is 4.85. The second kappa shape index (κ2) is 6.32. The van der Waals surface area contributed by atoms with Crippen LogP contribution in [0.25, 0.3) is 0 Å². The van der Waals surface area contributed by atoms with E-state index < -0.39 is 0 Å². The van der Waals surface area contributed by atoms with E-state index in [-0.39, 0.29) is 11.9 Å². The maximum atomic E-state index is 12.9. The van der Waals surface area contributed by atoms with Crippen molar-refractivity contribution < 1.29 is 4.39 Å². The summed E-state index contributed by atoms with van der Waals surface area (Å²) in [5.74, 6) is 1.20. The fourth-order valence-electron chi connectivity index (χ4n) is 1.97. The number of rotatable bonds is 5. The van der Waals surface area contributed by atoms with Crippen LogP contribution in [0, 0.1) is 12.7 Å². The number of halogens is 1. The van der Waals surface area contributed by atoms with Crippen LogP contribution in [-0.4, -0.2) is 23.1 Å². The van der Waals surface area contributed by atoms with Crippen molar-refractivity contribution in [1.29, 1.82) is 0 Å². The van der Waals surface area contributed by atoms with Crippen molar-refractivity contribution in [3.8, 4) is 0 Å². The van der Waals surface area contributed by atoms with Gasteiger partial charge < -0.3 is 10.6 Å². The molecule has 2 aromatic rings. The first-order chi connectivity index (χ1) is 9.58. The van der Waals surface area contributed by atoms with Crippen LogP contribution in [0.4, 0.5) is 16.2 Å². The fraction of sp³-hybridized carbons (Fsp3) is 0.333. The van der Waals surface area contributed by atoms with Gasteiger partial charge in [0.05, 0.1) is 0 Å². The molecule has 0 aliphatic rings. The predicted molar refractivity (Wildman–Crippen MR) is 79.5 cm³/mol. The number of benzene rings is 1. The summed E-state index contributed by atoms with van der Waals surface area (Å²) >= 11 is 0. The molecular weight excluding hydrogens is 255 g/mol. The monoisotopic (exact) mass is 274 g/mol. The van der Waals surface area contributed by atoms with Gasteiger partial charge in [0.25, 0.3) is 0 Å². The molecule has 0 bridgehead atoms. The average Bonchev–Trinajstić information content (AvgIpc) is 2.44. The molecule has 2 rings (SSSR count). The van der Waals surface area contributed by atoms with E-state index in [4.69, 9.17) is 0 Å². The van der Waals surface area contributed by atoms with Crippen LogP contribution in [-0.2, 0) is 6.42 Å². The van der Waals surface area contributed by atoms with Gasteiger partial charge in [-0.05, 0) is 38.0 Å². The molecule has 1 aromatic carbocycles. The zero-order chi connectivity index (χ0) is 14.5. The Morgan fingerprint density at radius 1 is 1.25 bits per heavy atom. The van der Waals surface area contributed by atoms with Crippen molar-refractivity contribution in [2.24, 2.45) is 0 Å². The molecule has 0 fully saturated rings. The summed E-state index contributed by atoms with van der Waals surface area (Å²) in [5.41, 5.74) is 2.09. The van der Waals surface area contributed by atoms with Gasteiger partial charge in [-0.3, -0.25) is 0 Å². The molecule has 1 unspecified atom stereocenters. The van der Waals surface area contributed by atoms with Crippen molar-refractivity contribution in [1.82, 2.24) is 9.97 Å². The third-order valence-corrected chi connectivity index (χ3v) is 3.03. The van der Waals surface area contributed by atoms with Gasteiger partial charge in [-0.15, -0.1) is 0 Å². The topological polar surface area (TPSA) is 49.8 Å². The maximum absolute atomic E-state index is 12.9. The highest BCUT2D eigenvalue weighted by atomic mass is 19.1. The largest absolute Gasteiger partial charge is 0.367 e. The zero-order valence-corrected chi connectivity index (χ0v) is 11.9. The first kappa shape index (κ1) is 14.2. The Bertz CT molecular complexity index is 569. The molecule has 0 saturated heterocycles. The van der Waals surface area contributed by atoms with Crippen molar-refractivity contribution in [2.45, 2.75) is 26.3 Å². The highest BCUT2D eigenvalue weighted by Crippen LogP contribution is 2.15. The minimum atomic E-state index is -0.209. The quantitative estimate of drug-likeness (QED) is 0.880. The van der Waals surface area contributed by atoms with Crippen molar-refractivity contribution >= 4 is 11.8 Å². The van der Waals surface area contributed by atoms with Gasteiger partial charge in [0.15, 0.2) is 0 Å². The first-order valence-corrected chi connectivity index (χ1v) is 6.61. The smallest absolute Gasteiger partial charge is 0.224 e. The molecule has 0 radical (unpaired) electrons. The van der Waals surface area contributed by atoms with Crippen molar-refractivity contribution in [3.63, 3.8) is 0 Å². The summed E-state index contributed by atoms with van der Waals surface area (Å²) in [7, 11) is 1.79. The number of anilines is 2. The van der Waals surface area contributed by atoms with E-state index >= 15 is 0 Å². The highest BCUT2D eigenvalue weighted by Gasteiger charge is 2.08. The lowest BCUT2D eigenvalue weighted by Crippen LogP contribution is -2.20. The summed E-state index contributed by atoms with van der Waals surface area (Å²) < 4.78 is 12.9. The van der Waals surface area contributed by atoms with Gasteiger partial charge in [0.1, 0.15) is 11.6 Å². The SMILES string of the molecule is CNc1ncc(C)c(NC(C)Cc2ccc(F)cc2)n1. The van der Waals surface area contributed by atoms with Gasteiger partial charge in [0, 0.05) is 24.8 Å². The summed E-state index contributed by atoms with van der Waals surface area (Å²) in [6, 6.07) is 6.77. The van der Waals surface area contributed by atoms with Crippen LogP contribution in [0.1, 0.15) is 18.1 Å². The number of hydrogen-bond donors (Lipinski definition) is 2. The number of hydrogen-bond acceptors (Lipinski definition) is 4. The Morgan fingerprint density at radius 3 is 2.60 bits per heavy atom. The van der Waals surface area contributed by atoms with E-state index in [0.29, 0.717) is 5.95 Å².